The van der Waals surface area contributed by atoms with Gasteiger partial charge in [-0.25, -0.2) is 4.79 Å². The van der Waals surface area contributed by atoms with Crippen LogP contribution in [0.5, 0.6) is 0 Å². The summed E-state index contributed by atoms with van der Waals surface area (Å²) in [6.07, 6.45) is 1.88. The minimum atomic E-state index is -0.114. The largest absolute Gasteiger partial charge is 0.379 e. The Morgan fingerprint density at radius 1 is 1.39 bits per heavy atom. The molecule has 1 heterocycles. The van der Waals surface area contributed by atoms with Crippen LogP contribution in [0.15, 0.2) is 24.3 Å². The van der Waals surface area contributed by atoms with Crippen LogP contribution < -0.4 is 10.6 Å². The fourth-order valence-corrected chi connectivity index (χ4v) is 2.14. The maximum Gasteiger partial charge on any atom is 0.315 e. The van der Waals surface area contributed by atoms with Crippen molar-refractivity contribution in [3.8, 4) is 0 Å². The highest BCUT2D eigenvalue weighted by molar-refractivity contribution is 5.74. The quantitative estimate of drug-likeness (QED) is 0.854. The van der Waals surface area contributed by atoms with Gasteiger partial charge in [0.15, 0.2) is 0 Å². The molecular weight excluding hydrogens is 228 g/mol. The Kier molecular flexibility index (Phi) is 4.59. The Hall–Kier alpha value is -1.55. The van der Waals surface area contributed by atoms with Crippen molar-refractivity contribution in [1.29, 1.82) is 0 Å². The highest BCUT2D eigenvalue weighted by Gasteiger charge is 2.17. The third-order valence-corrected chi connectivity index (χ3v) is 3.20. The van der Waals surface area contributed by atoms with Crippen molar-refractivity contribution >= 4 is 6.03 Å². The zero-order valence-corrected chi connectivity index (χ0v) is 10.7. The normalized spacial score (nSPS) is 18.6. The van der Waals surface area contributed by atoms with E-state index in [0.717, 1.165) is 19.4 Å². The van der Waals surface area contributed by atoms with Crippen LogP contribution in [-0.2, 0) is 17.7 Å². The molecule has 2 amide bonds. The van der Waals surface area contributed by atoms with Crippen LogP contribution in [0.1, 0.15) is 24.5 Å². The van der Waals surface area contributed by atoms with E-state index in [2.05, 4.69) is 29.7 Å². The van der Waals surface area contributed by atoms with E-state index in [-0.39, 0.29) is 12.1 Å². The van der Waals surface area contributed by atoms with Crippen molar-refractivity contribution < 1.29 is 9.53 Å². The van der Waals surface area contributed by atoms with Crippen LogP contribution in [0.25, 0.3) is 0 Å². The minimum absolute atomic E-state index is 0.114. The van der Waals surface area contributed by atoms with Crippen LogP contribution in [0.2, 0.25) is 0 Å². The number of benzene rings is 1. The van der Waals surface area contributed by atoms with Crippen LogP contribution in [0.4, 0.5) is 4.79 Å². The Morgan fingerprint density at radius 2 is 2.17 bits per heavy atom. The van der Waals surface area contributed by atoms with Crippen LogP contribution in [-0.4, -0.2) is 25.3 Å². The SMILES string of the molecule is CCc1ccccc1CNC(=O)NC1CCOC1. The van der Waals surface area contributed by atoms with E-state index in [1.807, 2.05) is 12.1 Å². The Bertz CT molecular complexity index is 401. The van der Waals surface area contributed by atoms with E-state index >= 15 is 0 Å². The van der Waals surface area contributed by atoms with Crippen molar-refractivity contribution in [1.82, 2.24) is 10.6 Å². The summed E-state index contributed by atoms with van der Waals surface area (Å²) in [5.74, 6) is 0. The summed E-state index contributed by atoms with van der Waals surface area (Å²) in [5, 5.41) is 5.81. The van der Waals surface area contributed by atoms with Crippen LogP contribution >= 0.6 is 0 Å². The molecule has 4 nitrogen and oxygen atoms in total. The number of carbonyl (C=O) groups is 1. The van der Waals surface area contributed by atoms with Gasteiger partial charge in [0, 0.05) is 13.2 Å². The fourth-order valence-electron chi connectivity index (χ4n) is 2.14. The molecular formula is C14H20N2O2. The van der Waals surface area contributed by atoms with Gasteiger partial charge < -0.3 is 15.4 Å². The molecule has 0 radical (unpaired) electrons. The summed E-state index contributed by atoms with van der Waals surface area (Å²) in [5.41, 5.74) is 2.46. The van der Waals surface area contributed by atoms with Gasteiger partial charge in [0.1, 0.15) is 0 Å². The molecule has 1 aliphatic rings. The van der Waals surface area contributed by atoms with Gasteiger partial charge >= 0.3 is 6.03 Å². The van der Waals surface area contributed by atoms with E-state index in [9.17, 15) is 4.79 Å². The Balaban J connectivity index is 1.81. The molecule has 2 N–H and O–H groups in total. The number of rotatable bonds is 4. The maximum atomic E-state index is 11.7. The van der Waals surface area contributed by atoms with Gasteiger partial charge in [-0.3, -0.25) is 0 Å². The molecule has 1 aromatic rings. The first-order valence-corrected chi connectivity index (χ1v) is 6.48. The molecule has 4 heteroatoms. The summed E-state index contributed by atoms with van der Waals surface area (Å²) >= 11 is 0. The molecule has 1 saturated heterocycles. The monoisotopic (exact) mass is 248 g/mol. The third-order valence-electron chi connectivity index (χ3n) is 3.20. The number of hydrogen-bond donors (Lipinski definition) is 2. The second-order valence-corrected chi connectivity index (χ2v) is 4.51. The first-order chi connectivity index (χ1) is 8.79. The highest BCUT2D eigenvalue weighted by atomic mass is 16.5. The van der Waals surface area contributed by atoms with Crippen molar-refractivity contribution in [2.75, 3.05) is 13.2 Å². The molecule has 0 spiro atoms. The molecule has 18 heavy (non-hydrogen) atoms. The van der Waals surface area contributed by atoms with E-state index in [1.165, 1.54) is 11.1 Å². The summed E-state index contributed by atoms with van der Waals surface area (Å²) in [7, 11) is 0. The van der Waals surface area contributed by atoms with Crippen molar-refractivity contribution in [3.63, 3.8) is 0 Å². The summed E-state index contributed by atoms with van der Waals surface area (Å²) in [6.45, 7) is 4.06. The molecule has 1 aliphatic heterocycles. The van der Waals surface area contributed by atoms with Gasteiger partial charge in [-0.15, -0.1) is 0 Å². The fraction of sp³-hybridized carbons (Fsp3) is 0.500. The van der Waals surface area contributed by atoms with Gasteiger partial charge in [0.2, 0.25) is 0 Å². The smallest absolute Gasteiger partial charge is 0.315 e. The minimum Gasteiger partial charge on any atom is -0.379 e. The highest BCUT2D eigenvalue weighted by Crippen LogP contribution is 2.09. The topological polar surface area (TPSA) is 50.4 Å². The average molecular weight is 248 g/mol. The molecule has 1 unspecified atom stereocenters. The van der Waals surface area contributed by atoms with Gasteiger partial charge in [-0.1, -0.05) is 31.2 Å². The van der Waals surface area contributed by atoms with E-state index in [0.29, 0.717) is 13.2 Å². The number of hydrogen-bond acceptors (Lipinski definition) is 2. The first kappa shape index (κ1) is 12.9. The zero-order chi connectivity index (χ0) is 12.8. The number of nitrogens with one attached hydrogen (secondary N) is 2. The van der Waals surface area contributed by atoms with Crippen molar-refractivity contribution in [3.05, 3.63) is 35.4 Å². The summed E-state index contributed by atoms with van der Waals surface area (Å²) < 4.78 is 5.21. The number of aryl methyl sites for hydroxylation is 1. The number of urea groups is 1. The van der Waals surface area contributed by atoms with Gasteiger partial charge in [-0.2, -0.15) is 0 Å². The Labute approximate surface area is 108 Å². The molecule has 0 saturated carbocycles. The lowest BCUT2D eigenvalue weighted by atomic mass is 10.1. The molecule has 1 fully saturated rings. The number of ether oxygens (including phenoxy) is 1. The number of amides is 2. The molecule has 0 bridgehead atoms. The van der Waals surface area contributed by atoms with Gasteiger partial charge in [0.25, 0.3) is 0 Å². The standard InChI is InChI=1S/C14H20N2O2/c1-2-11-5-3-4-6-12(11)9-15-14(17)16-13-7-8-18-10-13/h3-6,13H,2,7-10H2,1H3,(H2,15,16,17). The lowest BCUT2D eigenvalue weighted by Crippen LogP contribution is -2.42. The van der Waals surface area contributed by atoms with Crippen molar-refractivity contribution in [2.24, 2.45) is 0 Å². The van der Waals surface area contributed by atoms with Crippen LogP contribution in [0, 0.1) is 0 Å². The van der Waals surface area contributed by atoms with Crippen molar-refractivity contribution in [2.45, 2.75) is 32.4 Å². The Morgan fingerprint density at radius 3 is 2.83 bits per heavy atom. The molecule has 1 aromatic carbocycles. The second-order valence-electron chi connectivity index (χ2n) is 4.51. The molecule has 0 aromatic heterocycles. The average Bonchev–Trinajstić information content (AvgIpc) is 2.89. The summed E-state index contributed by atoms with van der Waals surface area (Å²) in [4.78, 5) is 11.7. The lowest BCUT2D eigenvalue weighted by molar-refractivity contribution is 0.188. The molecule has 2 rings (SSSR count). The predicted octanol–water partition coefficient (Wildman–Crippen LogP) is 1.84. The maximum absolute atomic E-state index is 11.7. The molecule has 0 aliphatic carbocycles. The van der Waals surface area contributed by atoms with Gasteiger partial charge in [0.05, 0.1) is 12.6 Å². The molecule has 1 atom stereocenters. The second kappa shape index (κ2) is 6.40. The van der Waals surface area contributed by atoms with E-state index in [1.54, 1.807) is 0 Å². The number of carbonyl (C=O) groups excluding carboxylic acids is 1. The van der Waals surface area contributed by atoms with Crippen LogP contribution in [0.3, 0.4) is 0 Å². The van der Waals surface area contributed by atoms with E-state index < -0.39 is 0 Å². The third kappa shape index (κ3) is 3.47. The lowest BCUT2D eigenvalue weighted by Gasteiger charge is -2.13. The first-order valence-electron chi connectivity index (χ1n) is 6.48. The zero-order valence-electron chi connectivity index (χ0n) is 10.7. The molecule has 98 valence electrons. The predicted molar refractivity (Wildman–Crippen MR) is 70.4 cm³/mol. The van der Waals surface area contributed by atoms with E-state index in [4.69, 9.17) is 4.74 Å². The summed E-state index contributed by atoms with van der Waals surface area (Å²) in [6, 6.07) is 8.22. The van der Waals surface area contributed by atoms with Gasteiger partial charge in [-0.05, 0) is 24.0 Å².